The molecule has 156 valence electrons. The fraction of sp³-hybridized carbons (Fsp3) is 0.286. The predicted molar refractivity (Wildman–Crippen MR) is 115 cm³/mol. The number of anilines is 2. The molecule has 0 aliphatic carbocycles. The zero-order chi connectivity index (χ0) is 21.5. The van der Waals surface area contributed by atoms with Gasteiger partial charge < -0.3 is 15.7 Å². The van der Waals surface area contributed by atoms with Crippen LogP contribution in [-0.4, -0.2) is 37.6 Å². The number of hydrogen-bond acceptors (Lipinski definition) is 8. The van der Waals surface area contributed by atoms with Crippen LogP contribution in [0.25, 0.3) is 11.3 Å². The summed E-state index contributed by atoms with van der Waals surface area (Å²) in [4.78, 5) is 23.8. The molecule has 0 radical (unpaired) electrons. The minimum absolute atomic E-state index is 0.0399. The summed E-state index contributed by atoms with van der Waals surface area (Å²) in [5, 5.41) is 27.0. The van der Waals surface area contributed by atoms with E-state index in [1.807, 2.05) is 32.0 Å². The lowest BCUT2D eigenvalue weighted by molar-refractivity contribution is -0.384. The first-order valence-electron chi connectivity index (χ1n) is 9.60. The van der Waals surface area contributed by atoms with Crippen molar-refractivity contribution in [2.24, 2.45) is 5.92 Å². The Morgan fingerprint density at radius 3 is 2.67 bits per heavy atom. The number of aliphatic hydroxyl groups excluding tert-OH is 1. The molecule has 0 unspecified atom stereocenters. The maximum Gasteiger partial charge on any atom is 0.269 e. The molecular weight excluding hydrogens is 384 g/mol. The van der Waals surface area contributed by atoms with Crippen LogP contribution in [0, 0.1) is 16.0 Å². The maximum absolute atomic E-state index is 11.0. The van der Waals surface area contributed by atoms with Gasteiger partial charge in [0.05, 0.1) is 23.3 Å². The summed E-state index contributed by atoms with van der Waals surface area (Å²) in [5.74, 6) is 1.12. The molecule has 9 nitrogen and oxygen atoms in total. The highest BCUT2D eigenvalue weighted by Crippen LogP contribution is 2.22. The van der Waals surface area contributed by atoms with Gasteiger partial charge >= 0.3 is 0 Å². The standard InChI is InChI=1S/C21H24N6O3/c1-14(2)19(13-28)25-21-24-18(16-6-4-8-22-12-16)10-20(26-21)23-11-15-5-3-7-17(9-15)27(29)30/h3-10,12,14,19,28H,11,13H2,1-2H3,(H2,23,24,25,26)/t19-/m0/s1. The van der Waals surface area contributed by atoms with Crippen LogP contribution in [0.4, 0.5) is 17.5 Å². The Morgan fingerprint density at radius 2 is 2.00 bits per heavy atom. The summed E-state index contributed by atoms with van der Waals surface area (Å²) in [6, 6.07) is 11.8. The molecule has 0 amide bonds. The van der Waals surface area contributed by atoms with Crippen molar-refractivity contribution in [3.05, 3.63) is 70.5 Å². The molecule has 2 heterocycles. The highest BCUT2D eigenvalue weighted by Gasteiger charge is 2.15. The summed E-state index contributed by atoms with van der Waals surface area (Å²) in [5.41, 5.74) is 2.29. The van der Waals surface area contributed by atoms with Crippen molar-refractivity contribution in [2.75, 3.05) is 17.2 Å². The lowest BCUT2D eigenvalue weighted by Crippen LogP contribution is -2.30. The summed E-state index contributed by atoms with van der Waals surface area (Å²) < 4.78 is 0. The van der Waals surface area contributed by atoms with Gasteiger partial charge in [0.2, 0.25) is 5.95 Å². The van der Waals surface area contributed by atoms with Crippen LogP contribution in [0.1, 0.15) is 19.4 Å². The molecular formula is C21H24N6O3. The summed E-state index contributed by atoms with van der Waals surface area (Å²) in [6.45, 7) is 4.31. The quantitative estimate of drug-likeness (QED) is 0.363. The molecule has 0 saturated heterocycles. The highest BCUT2D eigenvalue weighted by molar-refractivity contribution is 5.63. The maximum atomic E-state index is 11.0. The second-order valence-corrected chi connectivity index (χ2v) is 7.16. The number of nitrogens with one attached hydrogen (secondary N) is 2. The number of non-ortho nitro benzene ring substituents is 1. The van der Waals surface area contributed by atoms with Crippen LogP contribution in [0.15, 0.2) is 54.9 Å². The van der Waals surface area contributed by atoms with E-state index in [0.29, 0.717) is 24.0 Å². The van der Waals surface area contributed by atoms with Gasteiger partial charge in [-0.05, 0) is 23.6 Å². The average Bonchev–Trinajstić information content (AvgIpc) is 2.76. The summed E-state index contributed by atoms with van der Waals surface area (Å²) >= 11 is 0. The van der Waals surface area contributed by atoms with Crippen LogP contribution in [0.3, 0.4) is 0 Å². The largest absolute Gasteiger partial charge is 0.394 e. The fourth-order valence-electron chi connectivity index (χ4n) is 2.83. The van der Waals surface area contributed by atoms with Gasteiger partial charge in [-0.2, -0.15) is 4.98 Å². The van der Waals surface area contributed by atoms with Crippen molar-refractivity contribution in [3.63, 3.8) is 0 Å². The van der Waals surface area contributed by atoms with Gasteiger partial charge in [0.15, 0.2) is 0 Å². The third-order valence-electron chi connectivity index (χ3n) is 4.59. The first-order valence-corrected chi connectivity index (χ1v) is 9.60. The Kier molecular flexibility index (Phi) is 6.87. The molecule has 0 saturated carbocycles. The zero-order valence-corrected chi connectivity index (χ0v) is 16.8. The molecule has 2 aromatic heterocycles. The third kappa shape index (κ3) is 5.48. The number of aromatic nitrogens is 3. The highest BCUT2D eigenvalue weighted by atomic mass is 16.6. The SMILES string of the molecule is CC(C)[C@H](CO)Nc1nc(NCc2cccc([N+](=O)[O-])c2)cc(-c2cccnc2)n1. The summed E-state index contributed by atoms with van der Waals surface area (Å²) in [7, 11) is 0. The van der Waals surface area contributed by atoms with Crippen LogP contribution >= 0.6 is 0 Å². The number of nitro groups is 1. The Morgan fingerprint density at radius 1 is 1.17 bits per heavy atom. The van der Waals surface area contributed by atoms with Gasteiger partial charge in [-0.1, -0.05) is 26.0 Å². The number of benzene rings is 1. The van der Waals surface area contributed by atoms with Crippen molar-refractivity contribution >= 4 is 17.5 Å². The number of nitrogens with zero attached hydrogens (tertiary/aromatic N) is 4. The molecule has 3 aromatic rings. The second kappa shape index (κ2) is 9.75. The molecule has 0 aliphatic heterocycles. The van der Waals surface area contributed by atoms with Gasteiger partial charge in [-0.25, -0.2) is 4.98 Å². The van der Waals surface area contributed by atoms with E-state index in [9.17, 15) is 15.2 Å². The Labute approximate surface area is 174 Å². The number of nitro benzene ring substituents is 1. The van der Waals surface area contributed by atoms with E-state index in [-0.39, 0.29) is 24.3 Å². The van der Waals surface area contributed by atoms with E-state index < -0.39 is 4.92 Å². The number of hydrogen-bond donors (Lipinski definition) is 3. The van der Waals surface area contributed by atoms with Gasteiger partial charge in [-0.15, -0.1) is 0 Å². The topological polar surface area (TPSA) is 126 Å². The van der Waals surface area contributed by atoms with Gasteiger partial charge in [0.1, 0.15) is 5.82 Å². The van der Waals surface area contributed by atoms with E-state index >= 15 is 0 Å². The molecule has 30 heavy (non-hydrogen) atoms. The fourth-order valence-corrected chi connectivity index (χ4v) is 2.83. The van der Waals surface area contributed by atoms with Gasteiger partial charge in [0, 0.05) is 42.7 Å². The lowest BCUT2D eigenvalue weighted by atomic mass is 10.1. The number of aliphatic hydroxyl groups is 1. The van der Waals surface area contributed by atoms with Crippen molar-refractivity contribution in [2.45, 2.75) is 26.4 Å². The van der Waals surface area contributed by atoms with Crippen molar-refractivity contribution < 1.29 is 10.0 Å². The monoisotopic (exact) mass is 408 g/mol. The number of rotatable bonds is 9. The first-order chi connectivity index (χ1) is 14.5. The van der Waals surface area contributed by atoms with Crippen LogP contribution in [0.5, 0.6) is 0 Å². The molecule has 1 aromatic carbocycles. The van der Waals surface area contributed by atoms with E-state index in [1.165, 1.54) is 12.1 Å². The average molecular weight is 408 g/mol. The molecule has 0 aliphatic rings. The van der Waals surface area contributed by atoms with Crippen LogP contribution < -0.4 is 10.6 Å². The predicted octanol–water partition coefficient (Wildman–Crippen LogP) is 3.49. The third-order valence-corrected chi connectivity index (χ3v) is 4.59. The van der Waals surface area contributed by atoms with Gasteiger partial charge in [0.25, 0.3) is 5.69 Å². The van der Waals surface area contributed by atoms with E-state index in [2.05, 4.69) is 25.6 Å². The molecule has 0 spiro atoms. The lowest BCUT2D eigenvalue weighted by Gasteiger charge is -2.20. The van der Waals surface area contributed by atoms with E-state index in [0.717, 1.165) is 11.1 Å². The van der Waals surface area contributed by atoms with E-state index in [4.69, 9.17) is 0 Å². The molecule has 0 fully saturated rings. The van der Waals surface area contributed by atoms with Crippen LogP contribution in [-0.2, 0) is 6.54 Å². The first kappa shape index (κ1) is 21.1. The number of pyridine rings is 1. The molecule has 9 heteroatoms. The zero-order valence-electron chi connectivity index (χ0n) is 16.8. The molecule has 3 rings (SSSR count). The van der Waals surface area contributed by atoms with E-state index in [1.54, 1.807) is 24.5 Å². The second-order valence-electron chi connectivity index (χ2n) is 7.16. The van der Waals surface area contributed by atoms with Crippen molar-refractivity contribution in [1.29, 1.82) is 0 Å². The Hall–Kier alpha value is -3.59. The Bertz CT molecular complexity index is 997. The molecule has 0 bridgehead atoms. The van der Waals surface area contributed by atoms with Crippen molar-refractivity contribution in [3.8, 4) is 11.3 Å². The van der Waals surface area contributed by atoms with Crippen LogP contribution in [0.2, 0.25) is 0 Å². The minimum atomic E-state index is -0.419. The molecule has 1 atom stereocenters. The summed E-state index contributed by atoms with van der Waals surface area (Å²) in [6.07, 6.45) is 3.40. The Balaban J connectivity index is 1.87. The smallest absolute Gasteiger partial charge is 0.269 e. The van der Waals surface area contributed by atoms with Crippen molar-refractivity contribution in [1.82, 2.24) is 15.0 Å². The minimum Gasteiger partial charge on any atom is -0.394 e. The van der Waals surface area contributed by atoms with Gasteiger partial charge in [-0.3, -0.25) is 15.1 Å². The molecule has 3 N–H and O–H groups in total. The normalized spacial score (nSPS) is 11.9.